The molecule has 2 aromatic carbocycles. The molecule has 0 aliphatic heterocycles. The van der Waals surface area contributed by atoms with Crippen LogP contribution in [0.4, 0.5) is 11.4 Å². The highest BCUT2D eigenvalue weighted by Gasteiger charge is 2.39. The number of amides is 1. The quantitative estimate of drug-likeness (QED) is 0.716. The Hall–Kier alpha value is -3.15. The van der Waals surface area contributed by atoms with Crippen molar-refractivity contribution in [3.63, 3.8) is 0 Å². The molecule has 1 atom stereocenters. The van der Waals surface area contributed by atoms with Gasteiger partial charge in [-0.2, -0.15) is 5.10 Å². The maximum atomic E-state index is 12.5. The van der Waals surface area contributed by atoms with Crippen LogP contribution in [0.3, 0.4) is 0 Å². The molecule has 0 fully saturated rings. The lowest BCUT2D eigenvalue weighted by Crippen LogP contribution is -2.42. The highest BCUT2D eigenvalue weighted by molar-refractivity contribution is 5.82. The van der Waals surface area contributed by atoms with Crippen LogP contribution in [0.2, 0.25) is 0 Å². The van der Waals surface area contributed by atoms with E-state index in [1.165, 1.54) is 6.33 Å². The van der Waals surface area contributed by atoms with Gasteiger partial charge in [-0.15, -0.1) is 0 Å². The third-order valence-corrected chi connectivity index (χ3v) is 4.49. The maximum Gasteiger partial charge on any atom is 0.227 e. The van der Waals surface area contributed by atoms with Gasteiger partial charge in [-0.05, 0) is 43.7 Å². The zero-order chi connectivity index (χ0) is 18.6. The Morgan fingerprint density at radius 3 is 2.27 bits per heavy atom. The van der Waals surface area contributed by atoms with Crippen molar-refractivity contribution in [1.82, 2.24) is 20.1 Å². The van der Waals surface area contributed by atoms with Crippen molar-refractivity contribution in [2.45, 2.75) is 19.9 Å². The molecule has 6 nitrogen and oxygen atoms in total. The van der Waals surface area contributed by atoms with Gasteiger partial charge in [0.1, 0.15) is 12.7 Å². The second-order valence-electron chi connectivity index (χ2n) is 6.69. The number of aromatic nitrogens is 3. The second kappa shape index (κ2) is 7.39. The fourth-order valence-corrected chi connectivity index (χ4v) is 3.13. The fraction of sp³-hybridized carbons (Fsp3) is 0.250. The molecule has 0 saturated heterocycles. The Morgan fingerprint density at radius 1 is 1.04 bits per heavy atom. The van der Waals surface area contributed by atoms with Gasteiger partial charge in [0.15, 0.2) is 0 Å². The maximum absolute atomic E-state index is 12.5. The molecule has 134 valence electrons. The zero-order valence-corrected chi connectivity index (χ0v) is 15.2. The smallest absolute Gasteiger partial charge is 0.227 e. The van der Waals surface area contributed by atoms with Gasteiger partial charge < -0.3 is 10.6 Å². The van der Waals surface area contributed by atoms with Crippen molar-refractivity contribution < 1.29 is 4.79 Å². The number of anilines is 2. The number of para-hydroxylation sites is 1. The molecule has 0 aliphatic rings. The third kappa shape index (κ3) is 3.59. The molecule has 26 heavy (non-hydrogen) atoms. The van der Waals surface area contributed by atoms with Gasteiger partial charge in [0.2, 0.25) is 5.91 Å². The van der Waals surface area contributed by atoms with Crippen LogP contribution in [0, 0.1) is 5.41 Å². The lowest BCUT2D eigenvalue weighted by atomic mass is 9.79. The van der Waals surface area contributed by atoms with Crippen molar-refractivity contribution in [3.05, 3.63) is 72.8 Å². The number of nitrogens with zero attached hydrogens (tertiary/aromatic N) is 3. The summed E-state index contributed by atoms with van der Waals surface area (Å²) in [6.45, 7) is 3.82. The predicted molar refractivity (Wildman–Crippen MR) is 102 cm³/mol. The highest BCUT2D eigenvalue weighted by Crippen LogP contribution is 2.37. The SMILES string of the molecule is CNC(=O)C(C)(C)C(c1ccc(Nc2ccccc2)cc1)n1cncn1. The Morgan fingerprint density at radius 2 is 1.69 bits per heavy atom. The summed E-state index contributed by atoms with van der Waals surface area (Å²) in [4.78, 5) is 16.5. The van der Waals surface area contributed by atoms with Crippen LogP contribution in [-0.2, 0) is 4.79 Å². The van der Waals surface area contributed by atoms with Crippen LogP contribution in [0.25, 0.3) is 0 Å². The first kappa shape index (κ1) is 17.7. The van der Waals surface area contributed by atoms with Gasteiger partial charge in [0.25, 0.3) is 0 Å². The number of hydrogen-bond acceptors (Lipinski definition) is 4. The van der Waals surface area contributed by atoms with Crippen LogP contribution in [0.15, 0.2) is 67.3 Å². The summed E-state index contributed by atoms with van der Waals surface area (Å²) in [5.41, 5.74) is 2.30. The summed E-state index contributed by atoms with van der Waals surface area (Å²) in [5, 5.41) is 10.4. The lowest BCUT2D eigenvalue weighted by Gasteiger charge is -2.33. The number of nitrogens with one attached hydrogen (secondary N) is 2. The van der Waals surface area contributed by atoms with Crippen molar-refractivity contribution in [1.29, 1.82) is 0 Å². The van der Waals surface area contributed by atoms with E-state index in [-0.39, 0.29) is 11.9 Å². The topological polar surface area (TPSA) is 71.8 Å². The molecule has 0 aliphatic carbocycles. The van der Waals surface area contributed by atoms with E-state index in [1.54, 1.807) is 18.1 Å². The summed E-state index contributed by atoms with van der Waals surface area (Å²) in [7, 11) is 1.65. The average Bonchev–Trinajstić information content (AvgIpc) is 3.17. The molecule has 1 aromatic heterocycles. The van der Waals surface area contributed by atoms with Crippen LogP contribution >= 0.6 is 0 Å². The van der Waals surface area contributed by atoms with E-state index in [1.807, 2.05) is 68.4 Å². The third-order valence-electron chi connectivity index (χ3n) is 4.49. The Balaban J connectivity index is 1.91. The molecule has 1 unspecified atom stereocenters. The van der Waals surface area contributed by atoms with Crippen LogP contribution in [0.5, 0.6) is 0 Å². The minimum atomic E-state index is -0.698. The largest absolute Gasteiger partial charge is 0.359 e. The molecule has 1 amide bonds. The molecule has 2 N–H and O–H groups in total. The van der Waals surface area contributed by atoms with E-state index in [4.69, 9.17) is 0 Å². The Kier molecular flexibility index (Phi) is 5.02. The van der Waals surface area contributed by atoms with Crippen LogP contribution in [-0.4, -0.2) is 27.7 Å². The molecular formula is C20H23N5O. The van der Waals surface area contributed by atoms with Gasteiger partial charge >= 0.3 is 0 Å². The van der Waals surface area contributed by atoms with Crippen molar-refractivity contribution in [2.75, 3.05) is 12.4 Å². The normalized spacial score (nSPS) is 12.4. The predicted octanol–water partition coefficient (Wildman–Crippen LogP) is 3.38. The fourth-order valence-electron chi connectivity index (χ4n) is 3.13. The first-order valence-electron chi connectivity index (χ1n) is 8.50. The minimum Gasteiger partial charge on any atom is -0.359 e. The zero-order valence-electron chi connectivity index (χ0n) is 15.2. The average molecular weight is 349 g/mol. The van der Waals surface area contributed by atoms with Gasteiger partial charge in [-0.25, -0.2) is 9.67 Å². The standard InChI is InChI=1S/C20H23N5O/c1-20(2,19(26)21-3)18(25-14-22-13-23-25)15-9-11-17(12-10-15)24-16-7-5-4-6-8-16/h4-14,18,24H,1-3H3,(H,21,26). The minimum absolute atomic E-state index is 0.0514. The number of carbonyl (C=O) groups is 1. The van der Waals surface area contributed by atoms with Gasteiger partial charge in [0, 0.05) is 18.4 Å². The van der Waals surface area contributed by atoms with Crippen LogP contribution < -0.4 is 10.6 Å². The first-order valence-corrected chi connectivity index (χ1v) is 8.50. The summed E-state index contributed by atoms with van der Waals surface area (Å²) in [6, 6.07) is 17.8. The lowest BCUT2D eigenvalue weighted by molar-refractivity contribution is -0.130. The molecule has 0 saturated carbocycles. The molecule has 0 spiro atoms. The van der Waals surface area contributed by atoms with E-state index >= 15 is 0 Å². The number of hydrogen-bond donors (Lipinski definition) is 2. The number of benzene rings is 2. The summed E-state index contributed by atoms with van der Waals surface area (Å²) in [5.74, 6) is -0.0514. The molecule has 0 radical (unpaired) electrons. The van der Waals surface area contributed by atoms with E-state index in [2.05, 4.69) is 20.7 Å². The number of carbonyl (C=O) groups excluding carboxylic acids is 1. The monoisotopic (exact) mass is 349 g/mol. The molecule has 3 aromatic rings. The van der Waals surface area contributed by atoms with E-state index in [0.29, 0.717) is 0 Å². The summed E-state index contributed by atoms with van der Waals surface area (Å²) in [6.07, 6.45) is 3.13. The second-order valence-corrected chi connectivity index (χ2v) is 6.69. The molecular weight excluding hydrogens is 326 g/mol. The highest BCUT2D eigenvalue weighted by atomic mass is 16.2. The molecule has 1 heterocycles. The Bertz CT molecular complexity index is 842. The summed E-state index contributed by atoms with van der Waals surface area (Å²) < 4.78 is 1.73. The van der Waals surface area contributed by atoms with Crippen LogP contribution in [0.1, 0.15) is 25.5 Å². The first-order chi connectivity index (χ1) is 12.5. The molecule has 3 rings (SSSR count). The van der Waals surface area contributed by atoms with Crippen molar-refractivity contribution >= 4 is 17.3 Å². The van der Waals surface area contributed by atoms with Gasteiger partial charge in [-0.1, -0.05) is 30.3 Å². The van der Waals surface area contributed by atoms with Crippen molar-refractivity contribution in [3.8, 4) is 0 Å². The van der Waals surface area contributed by atoms with Gasteiger partial charge in [0.05, 0.1) is 11.5 Å². The van der Waals surface area contributed by atoms with E-state index in [0.717, 1.165) is 16.9 Å². The number of rotatable bonds is 6. The van der Waals surface area contributed by atoms with E-state index < -0.39 is 5.41 Å². The Labute approximate surface area is 153 Å². The van der Waals surface area contributed by atoms with Gasteiger partial charge in [-0.3, -0.25) is 4.79 Å². The summed E-state index contributed by atoms with van der Waals surface area (Å²) >= 11 is 0. The van der Waals surface area contributed by atoms with E-state index in [9.17, 15) is 4.79 Å². The van der Waals surface area contributed by atoms with Crippen molar-refractivity contribution in [2.24, 2.45) is 5.41 Å². The molecule has 0 bridgehead atoms. The molecule has 6 heteroatoms.